The summed E-state index contributed by atoms with van der Waals surface area (Å²) in [4.78, 5) is 8.77. The standard InChI is InChI=1S/C16H19N3/c1-11-16(18-10-9-17-11)12(2)19-15-8-7-13-5-3-4-6-14(13)15/h3-6,9-10,12,15,19H,7-8H2,1-2H3. The van der Waals surface area contributed by atoms with E-state index in [1.54, 1.807) is 12.4 Å². The normalized spacial score (nSPS) is 19.2. The zero-order valence-electron chi connectivity index (χ0n) is 11.4. The lowest BCUT2D eigenvalue weighted by molar-refractivity contribution is 0.455. The van der Waals surface area contributed by atoms with E-state index in [0.717, 1.165) is 11.4 Å². The van der Waals surface area contributed by atoms with E-state index in [2.05, 4.69) is 46.5 Å². The number of nitrogens with one attached hydrogen (secondary N) is 1. The van der Waals surface area contributed by atoms with Crippen molar-refractivity contribution in [1.82, 2.24) is 15.3 Å². The van der Waals surface area contributed by atoms with E-state index in [1.807, 2.05) is 6.92 Å². The van der Waals surface area contributed by atoms with Gasteiger partial charge in [0.05, 0.1) is 11.4 Å². The quantitative estimate of drug-likeness (QED) is 0.913. The molecule has 98 valence electrons. The predicted molar refractivity (Wildman–Crippen MR) is 75.8 cm³/mol. The summed E-state index contributed by atoms with van der Waals surface area (Å²) in [5.41, 5.74) is 4.97. The van der Waals surface area contributed by atoms with Crippen molar-refractivity contribution in [2.75, 3.05) is 0 Å². The summed E-state index contributed by atoms with van der Waals surface area (Å²) in [5.74, 6) is 0. The minimum Gasteiger partial charge on any atom is -0.302 e. The molecule has 2 aromatic rings. The highest BCUT2D eigenvalue weighted by molar-refractivity contribution is 5.34. The Bertz CT molecular complexity index is 580. The van der Waals surface area contributed by atoms with Crippen LogP contribution in [0, 0.1) is 6.92 Å². The van der Waals surface area contributed by atoms with Crippen LogP contribution in [0.5, 0.6) is 0 Å². The molecule has 1 aliphatic carbocycles. The summed E-state index contributed by atoms with van der Waals surface area (Å²) in [5, 5.41) is 3.69. The zero-order valence-corrected chi connectivity index (χ0v) is 11.4. The second-order valence-corrected chi connectivity index (χ2v) is 5.21. The molecule has 3 nitrogen and oxygen atoms in total. The molecular formula is C16H19N3. The van der Waals surface area contributed by atoms with Crippen LogP contribution in [-0.4, -0.2) is 9.97 Å². The van der Waals surface area contributed by atoms with Crippen molar-refractivity contribution >= 4 is 0 Å². The molecule has 1 N–H and O–H groups in total. The van der Waals surface area contributed by atoms with E-state index in [1.165, 1.54) is 24.0 Å². The molecule has 1 heterocycles. The van der Waals surface area contributed by atoms with Crippen molar-refractivity contribution in [3.8, 4) is 0 Å². The first-order valence-electron chi connectivity index (χ1n) is 6.87. The highest BCUT2D eigenvalue weighted by Gasteiger charge is 2.24. The maximum absolute atomic E-state index is 4.45. The molecule has 0 spiro atoms. The minimum atomic E-state index is 0.227. The Labute approximate surface area is 114 Å². The highest BCUT2D eigenvalue weighted by atomic mass is 15.0. The van der Waals surface area contributed by atoms with Gasteiger partial charge in [0.25, 0.3) is 0 Å². The number of rotatable bonds is 3. The molecule has 0 saturated heterocycles. The topological polar surface area (TPSA) is 37.8 Å². The molecule has 19 heavy (non-hydrogen) atoms. The van der Waals surface area contributed by atoms with Crippen molar-refractivity contribution in [2.45, 2.75) is 38.8 Å². The van der Waals surface area contributed by atoms with Gasteiger partial charge in [0.1, 0.15) is 0 Å². The van der Waals surface area contributed by atoms with Gasteiger partial charge >= 0.3 is 0 Å². The summed E-state index contributed by atoms with van der Waals surface area (Å²) in [6, 6.07) is 9.37. The fraction of sp³-hybridized carbons (Fsp3) is 0.375. The van der Waals surface area contributed by atoms with Gasteiger partial charge in [0.15, 0.2) is 0 Å². The number of benzene rings is 1. The Morgan fingerprint density at radius 2 is 2.00 bits per heavy atom. The Morgan fingerprint density at radius 1 is 1.21 bits per heavy atom. The third kappa shape index (κ3) is 2.38. The number of aromatic nitrogens is 2. The van der Waals surface area contributed by atoms with E-state index in [9.17, 15) is 0 Å². The van der Waals surface area contributed by atoms with Gasteiger partial charge < -0.3 is 5.32 Å². The van der Waals surface area contributed by atoms with Crippen LogP contribution in [0.4, 0.5) is 0 Å². The number of hydrogen-bond donors (Lipinski definition) is 1. The average Bonchev–Trinajstić information content (AvgIpc) is 2.83. The molecule has 3 heteroatoms. The third-order valence-electron chi connectivity index (χ3n) is 3.91. The summed E-state index contributed by atoms with van der Waals surface area (Å²) in [6.07, 6.45) is 5.85. The SMILES string of the molecule is Cc1nccnc1C(C)NC1CCc2ccccc21. The fourth-order valence-electron chi connectivity index (χ4n) is 2.95. The van der Waals surface area contributed by atoms with Crippen molar-refractivity contribution in [1.29, 1.82) is 0 Å². The number of fused-ring (bicyclic) bond motifs is 1. The van der Waals surface area contributed by atoms with Crippen LogP contribution in [0.25, 0.3) is 0 Å². The van der Waals surface area contributed by atoms with E-state index in [0.29, 0.717) is 6.04 Å². The Hall–Kier alpha value is -1.74. The molecule has 2 atom stereocenters. The van der Waals surface area contributed by atoms with Gasteiger partial charge in [0.2, 0.25) is 0 Å². The summed E-state index contributed by atoms with van der Waals surface area (Å²) in [6.45, 7) is 4.18. The molecule has 0 saturated carbocycles. The van der Waals surface area contributed by atoms with Gasteiger partial charge in [-0.05, 0) is 37.8 Å². The van der Waals surface area contributed by atoms with E-state index in [4.69, 9.17) is 0 Å². The lowest BCUT2D eigenvalue weighted by Gasteiger charge is -2.20. The molecule has 1 aromatic carbocycles. The molecule has 0 radical (unpaired) electrons. The molecule has 1 aromatic heterocycles. The maximum Gasteiger partial charge on any atom is 0.0782 e. The van der Waals surface area contributed by atoms with Crippen LogP contribution in [0.2, 0.25) is 0 Å². The van der Waals surface area contributed by atoms with Gasteiger partial charge in [-0.25, -0.2) is 0 Å². The minimum absolute atomic E-state index is 0.227. The van der Waals surface area contributed by atoms with Gasteiger partial charge in [-0.3, -0.25) is 9.97 Å². The monoisotopic (exact) mass is 253 g/mol. The number of hydrogen-bond acceptors (Lipinski definition) is 3. The van der Waals surface area contributed by atoms with Crippen LogP contribution in [-0.2, 0) is 6.42 Å². The third-order valence-corrected chi connectivity index (χ3v) is 3.91. The Kier molecular flexibility index (Phi) is 3.30. The van der Waals surface area contributed by atoms with Crippen molar-refractivity contribution < 1.29 is 0 Å². The lowest BCUT2D eigenvalue weighted by atomic mass is 10.1. The molecule has 0 fully saturated rings. The molecule has 1 aliphatic rings. The maximum atomic E-state index is 4.45. The average molecular weight is 253 g/mol. The summed E-state index contributed by atoms with van der Waals surface area (Å²) >= 11 is 0. The second kappa shape index (κ2) is 5.10. The summed E-state index contributed by atoms with van der Waals surface area (Å²) < 4.78 is 0. The molecule has 0 amide bonds. The molecular weight excluding hydrogens is 234 g/mol. The highest BCUT2D eigenvalue weighted by Crippen LogP contribution is 2.32. The number of nitrogens with zero attached hydrogens (tertiary/aromatic N) is 2. The van der Waals surface area contributed by atoms with Crippen LogP contribution >= 0.6 is 0 Å². The fourth-order valence-corrected chi connectivity index (χ4v) is 2.95. The van der Waals surface area contributed by atoms with Crippen molar-refractivity contribution in [3.05, 3.63) is 59.2 Å². The van der Waals surface area contributed by atoms with Gasteiger partial charge in [-0.1, -0.05) is 24.3 Å². The Morgan fingerprint density at radius 3 is 2.84 bits per heavy atom. The lowest BCUT2D eigenvalue weighted by Crippen LogP contribution is -2.24. The Balaban J connectivity index is 1.78. The van der Waals surface area contributed by atoms with Crippen molar-refractivity contribution in [3.63, 3.8) is 0 Å². The van der Waals surface area contributed by atoms with Gasteiger partial charge in [-0.15, -0.1) is 0 Å². The zero-order chi connectivity index (χ0) is 13.2. The summed E-state index contributed by atoms with van der Waals surface area (Å²) in [7, 11) is 0. The first kappa shape index (κ1) is 12.3. The van der Waals surface area contributed by atoms with Crippen LogP contribution in [0.3, 0.4) is 0 Å². The van der Waals surface area contributed by atoms with Gasteiger partial charge in [0, 0.05) is 24.5 Å². The van der Waals surface area contributed by atoms with Gasteiger partial charge in [-0.2, -0.15) is 0 Å². The first-order chi connectivity index (χ1) is 9.25. The molecule has 2 unspecified atom stereocenters. The first-order valence-corrected chi connectivity index (χ1v) is 6.87. The molecule has 0 aliphatic heterocycles. The molecule has 0 bridgehead atoms. The van der Waals surface area contributed by atoms with Crippen LogP contribution in [0.1, 0.15) is 47.9 Å². The van der Waals surface area contributed by atoms with Crippen LogP contribution < -0.4 is 5.32 Å². The van der Waals surface area contributed by atoms with Crippen LogP contribution in [0.15, 0.2) is 36.7 Å². The smallest absolute Gasteiger partial charge is 0.0782 e. The largest absolute Gasteiger partial charge is 0.302 e. The second-order valence-electron chi connectivity index (χ2n) is 5.21. The van der Waals surface area contributed by atoms with E-state index >= 15 is 0 Å². The number of aryl methyl sites for hydroxylation is 2. The molecule has 3 rings (SSSR count). The van der Waals surface area contributed by atoms with Crippen molar-refractivity contribution in [2.24, 2.45) is 0 Å². The van der Waals surface area contributed by atoms with E-state index < -0.39 is 0 Å². The predicted octanol–water partition coefficient (Wildman–Crippen LogP) is 3.12. The van der Waals surface area contributed by atoms with E-state index in [-0.39, 0.29) is 6.04 Å².